The number of nitrogens with one attached hydrogen (secondary N) is 1. The second-order valence-corrected chi connectivity index (χ2v) is 10.6. The highest BCUT2D eigenvalue weighted by Gasteiger charge is 2.38. The Morgan fingerprint density at radius 2 is 1.74 bits per heavy atom. The Labute approximate surface area is 155 Å². The molecule has 3 rings (SSSR count). The normalized spacial score (nSPS) is 19.0. The van der Waals surface area contributed by atoms with Crippen LogP contribution in [0, 0.1) is 11.6 Å². The number of carbonyl (C=O) groups excluding carboxylic acids is 1. The summed E-state index contributed by atoms with van der Waals surface area (Å²) in [7, 11) is -7.47. The lowest BCUT2D eigenvalue weighted by Gasteiger charge is -2.12. The van der Waals surface area contributed by atoms with Gasteiger partial charge in [0.15, 0.2) is 19.7 Å². The summed E-state index contributed by atoms with van der Waals surface area (Å²) in [5.41, 5.74) is -0.308. The van der Waals surface area contributed by atoms with Gasteiger partial charge in [-0.1, -0.05) is 0 Å². The van der Waals surface area contributed by atoms with E-state index in [1.165, 1.54) is 12.1 Å². The average molecular weight is 415 g/mol. The summed E-state index contributed by atoms with van der Waals surface area (Å²) in [6.07, 6.45) is -0.0425. The number of carbonyl (C=O) groups is 1. The SMILES string of the molecule is O=C(Nc1ccc(F)cc1)c1cc(S(=O)(=O)C2CCS(=O)(=O)C2)ccc1F. The lowest BCUT2D eigenvalue weighted by Crippen LogP contribution is -2.23. The molecule has 1 aliphatic heterocycles. The molecule has 0 bridgehead atoms. The quantitative estimate of drug-likeness (QED) is 0.772. The lowest BCUT2D eigenvalue weighted by atomic mass is 10.2. The second kappa shape index (κ2) is 7.01. The molecule has 1 heterocycles. The number of hydrogen-bond donors (Lipinski definition) is 1. The zero-order chi connectivity index (χ0) is 19.8. The summed E-state index contributed by atoms with van der Waals surface area (Å²) in [5.74, 6) is -3.08. The van der Waals surface area contributed by atoms with E-state index < -0.39 is 53.8 Å². The number of sulfone groups is 2. The van der Waals surface area contributed by atoms with Crippen LogP contribution in [0.2, 0.25) is 0 Å². The predicted octanol–water partition coefficient (Wildman–Crippen LogP) is 2.18. The largest absolute Gasteiger partial charge is 0.322 e. The molecule has 0 saturated carbocycles. The first kappa shape index (κ1) is 19.4. The number of benzene rings is 2. The maximum absolute atomic E-state index is 14.1. The van der Waals surface area contributed by atoms with Crippen LogP contribution in [0.25, 0.3) is 0 Å². The lowest BCUT2D eigenvalue weighted by molar-refractivity contribution is 0.102. The first-order chi connectivity index (χ1) is 12.6. The summed E-state index contributed by atoms with van der Waals surface area (Å²) >= 11 is 0. The van der Waals surface area contributed by atoms with Crippen LogP contribution in [0.1, 0.15) is 16.8 Å². The second-order valence-electron chi connectivity index (χ2n) is 6.17. The highest BCUT2D eigenvalue weighted by molar-refractivity contribution is 7.96. The Morgan fingerprint density at radius 3 is 2.33 bits per heavy atom. The first-order valence-corrected chi connectivity index (χ1v) is 11.3. The van der Waals surface area contributed by atoms with Crippen LogP contribution in [0.15, 0.2) is 47.4 Å². The van der Waals surface area contributed by atoms with Crippen molar-refractivity contribution >= 4 is 31.3 Å². The fraction of sp³-hybridized carbons (Fsp3) is 0.235. The average Bonchev–Trinajstić information content (AvgIpc) is 2.98. The fourth-order valence-corrected chi connectivity index (χ4v) is 7.17. The molecule has 1 amide bonds. The molecule has 1 fully saturated rings. The monoisotopic (exact) mass is 415 g/mol. The van der Waals surface area contributed by atoms with Crippen molar-refractivity contribution < 1.29 is 30.4 Å². The summed E-state index contributed by atoms with van der Waals surface area (Å²) < 4.78 is 75.4. The van der Waals surface area contributed by atoms with Crippen molar-refractivity contribution in [1.29, 1.82) is 0 Å². The minimum atomic E-state index is -4.04. The van der Waals surface area contributed by atoms with Crippen LogP contribution < -0.4 is 5.32 Å². The molecular formula is C17H15F2NO5S2. The van der Waals surface area contributed by atoms with Crippen molar-refractivity contribution in [3.63, 3.8) is 0 Å². The summed E-state index contributed by atoms with van der Waals surface area (Å²) in [6, 6.07) is 7.49. The van der Waals surface area contributed by atoms with Gasteiger partial charge >= 0.3 is 0 Å². The molecule has 6 nitrogen and oxygen atoms in total. The van der Waals surface area contributed by atoms with Crippen LogP contribution in [0.5, 0.6) is 0 Å². The molecule has 1 atom stereocenters. The molecule has 0 spiro atoms. The predicted molar refractivity (Wildman–Crippen MR) is 95.0 cm³/mol. The van der Waals surface area contributed by atoms with Gasteiger partial charge in [-0.2, -0.15) is 0 Å². The molecular weight excluding hydrogens is 400 g/mol. The van der Waals surface area contributed by atoms with Crippen molar-refractivity contribution in [3.8, 4) is 0 Å². The Hall–Kier alpha value is -2.33. The van der Waals surface area contributed by atoms with Crippen LogP contribution in [-0.2, 0) is 19.7 Å². The number of hydrogen-bond acceptors (Lipinski definition) is 5. The fourth-order valence-electron chi connectivity index (χ4n) is 2.79. The van der Waals surface area contributed by atoms with E-state index in [1.54, 1.807) is 0 Å². The van der Waals surface area contributed by atoms with Gasteiger partial charge in [-0.25, -0.2) is 25.6 Å². The molecule has 144 valence electrons. The molecule has 2 aromatic rings. The van der Waals surface area contributed by atoms with Gasteiger partial charge in [0.05, 0.1) is 27.2 Å². The third-order valence-electron chi connectivity index (χ3n) is 4.24. The van der Waals surface area contributed by atoms with Crippen molar-refractivity contribution in [3.05, 3.63) is 59.7 Å². The summed E-state index contributed by atoms with van der Waals surface area (Å²) in [4.78, 5) is 12.0. The molecule has 27 heavy (non-hydrogen) atoms. The third kappa shape index (κ3) is 4.16. The van der Waals surface area contributed by atoms with Gasteiger partial charge in [-0.3, -0.25) is 4.79 Å². The van der Waals surface area contributed by atoms with Gasteiger partial charge in [0.2, 0.25) is 0 Å². The molecule has 0 aromatic heterocycles. The van der Waals surface area contributed by atoms with Gasteiger partial charge < -0.3 is 5.32 Å². The maximum Gasteiger partial charge on any atom is 0.258 e. The Balaban J connectivity index is 1.90. The number of anilines is 1. The molecule has 2 aromatic carbocycles. The molecule has 1 saturated heterocycles. The van der Waals surface area contributed by atoms with E-state index in [9.17, 15) is 30.4 Å². The van der Waals surface area contributed by atoms with Gasteiger partial charge in [0.1, 0.15) is 11.6 Å². The smallest absolute Gasteiger partial charge is 0.258 e. The highest BCUT2D eigenvalue weighted by atomic mass is 32.2. The Bertz CT molecular complexity index is 1100. The molecule has 0 aliphatic carbocycles. The van der Waals surface area contributed by atoms with Gasteiger partial charge in [0, 0.05) is 5.69 Å². The van der Waals surface area contributed by atoms with Crippen molar-refractivity contribution in [2.75, 3.05) is 16.8 Å². The van der Waals surface area contributed by atoms with E-state index in [4.69, 9.17) is 0 Å². The minimum Gasteiger partial charge on any atom is -0.322 e. The Morgan fingerprint density at radius 1 is 1.07 bits per heavy atom. The van der Waals surface area contributed by atoms with Gasteiger partial charge in [-0.05, 0) is 48.9 Å². The van der Waals surface area contributed by atoms with Crippen molar-refractivity contribution in [2.24, 2.45) is 0 Å². The topological polar surface area (TPSA) is 97.4 Å². The molecule has 10 heteroatoms. The number of rotatable bonds is 4. The van der Waals surface area contributed by atoms with E-state index >= 15 is 0 Å². The molecule has 1 N–H and O–H groups in total. The Kier molecular flexibility index (Phi) is 5.04. The standard InChI is InChI=1S/C17H15F2NO5S2/c18-11-1-3-12(4-2-11)20-17(21)15-9-13(5-6-16(15)19)27(24,25)14-7-8-26(22,23)10-14/h1-6,9,14H,7-8,10H2,(H,20,21). The van der Waals surface area contributed by atoms with E-state index in [0.29, 0.717) is 0 Å². The van der Waals surface area contributed by atoms with E-state index in [2.05, 4.69) is 5.32 Å². The molecule has 1 aliphatic rings. The number of amides is 1. The summed E-state index contributed by atoms with van der Waals surface area (Å²) in [5, 5.41) is 1.23. The van der Waals surface area contributed by atoms with Gasteiger partial charge in [0.25, 0.3) is 5.91 Å². The van der Waals surface area contributed by atoms with E-state index in [1.807, 2.05) is 0 Å². The van der Waals surface area contributed by atoms with Crippen LogP contribution in [0.4, 0.5) is 14.5 Å². The molecule has 0 radical (unpaired) electrons. The number of halogens is 2. The highest BCUT2D eigenvalue weighted by Crippen LogP contribution is 2.27. The van der Waals surface area contributed by atoms with Crippen molar-refractivity contribution in [2.45, 2.75) is 16.6 Å². The minimum absolute atomic E-state index is 0.0425. The van der Waals surface area contributed by atoms with Crippen LogP contribution >= 0.6 is 0 Å². The maximum atomic E-state index is 14.1. The van der Waals surface area contributed by atoms with Crippen molar-refractivity contribution in [1.82, 2.24) is 0 Å². The van der Waals surface area contributed by atoms with Crippen LogP contribution in [-0.4, -0.2) is 39.5 Å². The third-order valence-corrected chi connectivity index (χ3v) is 8.41. The first-order valence-electron chi connectivity index (χ1n) is 7.89. The van der Waals surface area contributed by atoms with Gasteiger partial charge in [-0.15, -0.1) is 0 Å². The van der Waals surface area contributed by atoms with Crippen LogP contribution in [0.3, 0.4) is 0 Å². The molecule has 1 unspecified atom stereocenters. The van der Waals surface area contributed by atoms with E-state index in [0.717, 1.165) is 30.3 Å². The zero-order valence-electron chi connectivity index (χ0n) is 13.9. The summed E-state index contributed by atoms with van der Waals surface area (Å²) in [6.45, 7) is 0. The van der Waals surface area contributed by atoms with E-state index in [-0.39, 0.29) is 22.8 Å². The zero-order valence-corrected chi connectivity index (χ0v) is 15.5.